The molecular formula is C9H7BrN2O2S. The Kier molecular flexibility index (Phi) is 2.62. The Labute approximate surface area is 98.1 Å². The summed E-state index contributed by atoms with van der Waals surface area (Å²) in [5.41, 5.74) is 1.31. The van der Waals surface area contributed by atoms with Gasteiger partial charge in [0.15, 0.2) is 0 Å². The lowest BCUT2D eigenvalue weighted by Gasteiger charge is -1.94. The van der Waals surface area contributed by atoms with Crippen molar-refractivity contribution in [2.75, 3.05) is 0 Å². The van der Waals surface area contributed by atoms with Gasteiger partial charge >= 0.3 is 5.97 Å². The number of rotatable bonds is 2. The number of aryl methyl sites for hydroxylation is 1. The normalized spacial score (nSPS) is 10.5. The van der Waals surface area contributed by atoms with Crippen molar-refractivity contribution >= 4 is 33.2 Å². The second kappa shape index (κ2) is 3.79. The molecule has 0 saturated carbocycles. The molecule has 2 rings (SSSR count). The van der Waals surface area contributed by atoms with Crippen molar-refractivity contribution in [2.24, 2.45) is 0 Å². The highest BCUT2D eigenvalue weighted by atomic mass is 79.9. The van der Waals surface area contributed by atoms with Gasteiger partial charge in [0.05, 0.1) is 4.88 Å². The topological polar surface area (TPSA) is 66.0 Å². The molecule has 0 bridgehead atoms. The van der Waals surface area contributed by atoms with Crippen LogP contribution < -0.4 is 0 Å². The van der Waals surface area contributed by atoms with Crippen molar-refractivity contribution < 1.29 is 9.90 Å². The molecule has 0 aliphatic rings. The van der Waals surface area contributed by atoms with E-state index in [2.05, 4.69) is 26.1 Å². The van der Waals surface area contributed by atoms with E-state index in [1.54, 1.807) is 6.92 Å². The van der Waals surface area contributed by atoms with Gasteiger partial charge < -0.3 is 5.11 Å². The van der Waals surface area contributed by atoms with E-state index >= 15 is 0 Å². The Balaban J connectivity index is 2.58. The first-order valence-electron chi connectivity index (χ1n) is 4.12. The molecule has 0 aromatic carbocycles. The third-order valence-corrected chi connectivity index (χ3v) is 3.66. The minimum absolute atomic E-state index is 0.240. The predicted molar refractivity (Wildman–Crippen MR) is 61.3 cm³/mol. The van der Waals surface area contributed by atoms with Crippen LogP contribution in [0.25, 0.3) is 10.6 Å². The average molecular weight is 287 g/mol. The van der Waals surface area contributed by atoms with E-state index < -0.39 is 5.97 Å². The summed E-state index contributed by atoms with van der Waals surface area (Å²) in [5.74, 6) is -0.958. The number of H-pyrrole nitrogens is 1. The van der Waals surface area contributed by atoms with Crippen LogP contribution in [0.2, 0.25) is 0 Å². The van der Waals surface area contributed by atoms with Crippen molar-refractivity contribution in [1.29, 1.82) is 0 Å². The lowest BCUT2D eigenvalue weighted by molar-refractivity contribution is 0.0697. The van der Waals surface area contributed by atoms with Crippen molar-refractivity contribution in [2.45, 2.75) is 6.92 Å². The maximum Gasteiger partial charge on any atom is 0.339 e. The summed E-state index contributed by atoms with van der Waals surface area (Å²) in [4.78, 5) is 11.9. The number of hydrogen-bond acceptors (Lipinski definition) is 3. The highest BCUT2D eigenvalue weighted by Crippen LogP contribution is 2.31. The SMILES string of the molecule is Cc1[nH]nc(-c2cc(Br)cs2)c1C(=O)O. The molecule has 78 valence electrons. The molecule has 0 radical (unpaired) electrons. The van der Waals surface area contributed by atoms with Gasteiger partial charge in [-0.05, 0) is 28.9 Å². The summed E-state index contributed by atoms with van der Waals surface area (Å²) in [5, 5.41) is 17.6. The second-order valence-corrected chi connectivity index (χ2v) is 4.83. The molecule has 0 spiro atoms. The summed E-state index contributed by atoms with van der Waals surface area (Å²) >= 11 is 4.78. The Morgan fingerprint density at radius 2 is 2.40 bits per heavy atom. The standard InChI is InChI=1S/C9H7BrN2O2S/c1-4-7(9(13)14)8(12-11-4)6-2-5(10)3-15-6/h2-3H,1H3,(H,11,12)(H,13,14). The summed E-state index contributed by atoms with van der Waals surface area (Å²) < 4.78 is 0.930. The number of carboxylic acid groups (broad SMARTS) is 1. The van der Waals surface area contributed by atoms with Gasteiger partial charge in [-0.3, -0.25) is 5.10 Å². The van der Waals surface area contributed by atoms with Crippen LogP contribution in [0.3, 0.4) is 0 Å². The quantitative estimate of drug-likeness (QED) is 0.892. The van der Waals surface area contributed by atoms with Crippen LogP contribution in [-0.4, -0.2) is 21.3 Å². The Bertz CT molecular complexity index is 518. The third kappa shape index (κ3) is 1.82. The van der Waals surface area contributed by atoms with E-state index in [0.717, 1.165) is 9.35 Å². The van der Waals surface area contributed by atoms with E-state index in [0.29, 0.717) is 11.4 Å². The lowest BCUT2D eigenvalue weighted by atomic mass is 10.2. The van der Waals surface area contributed by atoms with E-state index in [4.69, 9.17) is 5.11 Å². The number of aromatic amines is 1. The van der Waals surface area contributed by atoms with Gasteiger partial charge in [-0.25, -0.2) is 4.79 Å². The number of hydrogen-bond donors (Lipinski definition) is 2. The number of carbonyl (C=O) groups is 1. The molecule has 15 heavy (non-hydrogen) atoms. The molecule has 4 nitrogen and oxygen atoms in total. The summed E-state index contributed by atoms with van der Waals surface area (Å²) in [7, 11) is 0. The molecule has 0 saturated heterocycles. The molecule has 6 heteroatoms. The Morgan fingerprint density at radius 3 is 2.93 bits per heavy atom. The first-order chi connectivity index (χ1) is 7.09. The zero-order valence-electron chi connectivity index (χ0n) is 7.74. The number of halogens is 1. The fourth-order valence-electron chi connectivity index (χ4n) is 1.31. The van der Waals surface area contributed by atoms with Crippen LogP contribution in [0.5, 0.6) is 0 Å². The van der Waals surface area contributed by atoms with Crippen LogP contribution >= 0.6 is 27.3 Å². The summed E-state index contributed by atoms with van der Waals surface area (Å²) in [6.45, 7) is 1.70. The average Bonchev–Trinajstić information content (AvgIpc) is 2.71. The summed E-state index contributed by atoms with van der Waals surface area (Å²) in [6.07, 6.45) is 0. The molecule has 2 aromatic rings. The fraction of sp³-hybridized carbons (Fsp3) is 0.111. The highest BCUT2D eigenvalue weighted by molar-refractivity contribution is 9.10. The van der Waals surface area contributed by atoms with Crippen molar-refractivity contribution in [1.82, 2.24) is 10.2 Å². The predicted octanol–water partition coefficient (Wildman–Crippen LogP) is 2.91. The second-order valence-electron chi connectivity index (χ2n) is 3.01. The van der Waals surface area contributed by atoms with Crippen molar-refractivity contribution in [3.8, 4) is 10.6 Å². The molecule has 2 heterocycles. The zero-order chi connectivity index (χ0) is 11.0. The van der Waals surface area contributed by atoms with Gasteiger partial charge in [-0.15, -0.1) is 11.3 Å². The molecular weight excluding hydrogens is 280 g/mol. The van der Waals surface area contributed by atoms with Crippen LogP contribution in [0.4, 0.5) is 0 Å². The smallest absolute Gasteiger partial charge is 0.339 e. The molecule has 0 fully saturated rings. The Hall–Kier alpha value is -1.14. The third-order valence-electron chi connectivity index (χ3n) is 1.96. The van der Waals surface area contributed by atoms with Crippen LogP contribution in [0.1, 0.15) is 16.1 Å². The maximum atomic E-state index is 11.0. The number of nitrogens with one attached hydrogen (secondary N) is 1. The van der Waals surface area contributed by atoms with E-state index in [-0.39, 0.29) is 5.56 Å². The highest BCUT2D eigenvalue weighted by Gasteiger charge is 2.19. The monoisotopic (exact) mass is 286 g/mol. The van der Waals surface area contributed by atoms with Crippen LogP contribution in [0.15, 0.2) is 15.9 Å². The molecule has 2 aromatic heterocycles. The van der Waals surface area contributed by atoms with Gasteiger partial charge in [0, 0.05) is 15.5 Å². The van der Waals surface area contributed by atoms with Crippen molar-refractivity contribution in [3.63, 3.8) is 0 Å². The summed E-state index contributed by atoms with van der Waals surface area (Å²) in [6, 6.07) is 1.85. The largest absolute Gasteiger partial charge is 0.478 e. The fourth-order valence-corrected chi connectivity index (χ4v) is 2.73. The molecule has 0 aliphatic carbocycles. The zero-order valence-corrected chi connectivity index (χ0v) is 10.1. The molecule has 0 unspecified atom stereocenters. The first kappa shape index (κ1) is 10.4. The van der Waals surface area contributed by atoms with Gasteiger partial charge in [0.25, 0.3) is 0 Å². The van der Waals surface area contributed by atoms with E-state index in [1.807, 2.05) is 11.4 Å². The van der Waals surface area contributed by atoms with Crippen molar-refractivity contribution in [3.05, 3.63) is 27.2 Å². The van der Waals surface area contributed by atoms with Crippen LogP contribution in [-0.2, 0) is 0 Å². The molecule has 0 atom stereocenters. The molecule has 2 N–H and O–H groups in total. The number of thiophene rings is 1. The lowest BCUT2D eigenvalue weighted by Crippen LogP contribution is -1.98. The first-order valence-corrected chi connectivity index (χ1v) is 5.79. The molecule has 0 amide bonds. The Morgan fingerprint density at radius 1 is 1.67 bits per heavy atom. The van der Waals surface area contributed by atoms with Gasteiger partial charge in [-0.2, -0.15) is 5.10 Å². The minimum atomic E-state index is -0.958. The van der Waals surface area contributed by atoms with Gasteiger partial charge in [0.2, 0.25) is 0 Å². The number of carboxylic acids is 1. The van der Waals surface area contributed by atoms with E-state index in [9.17, 15) is 4.79 Å². The van der Waals surface area contributed by atoms with Gasteiger partial charge in [0.1, 0.15) is 11.3 Å². The number of nitrogens with zero attached hydrogens (tertiary/aromatic N) is 1. The number of aromatic carboxylic acids is 1. The van der Waals surface area contributed by atoms with Crippen LogP contribution in [0, 0.1) is 6.92 Å². The number of aromatic nitrogens is 2. The van der Waals surface area contributed by atoms with Gasteiger partial charge in [-0.1, -0.05) is 0 Å². The maximum absolute atomic E-state index is 11.0. The van der Waals surface area contributed by atoms with E-state index in [1.165, 1.54) is 11.3 Å². The molecule has 0 aliphatic heterocycles. The minimum Gasteiger partial charge on any atom is -0.478 e.